The number of aromatic nitrogens is 1. The number of nitrogens with one attached hydrogen (secondary N) is 3. The molecule has 1 amide bonds. The van der Waals surface area contributed by atoms with Crippen molar-refractivity contribution in [2.75, 3.05) is 37.7 Å². The summed E-state index contributed by atoms with van der Waals surface area (Å²) in [7, 11) is 0. The third kappa shape index (κ3) is 6.69. The Balaban J connectivity index is 1.72. The number of hydrazine groups is 1. The Labute approximate surface area is 164 Å². The van der Waals surface area contributed by atoms with Crippen molar-refractivity contribution in [3.05, 3.63) is 11.1 Å². The number of anilines is 1. The van der Waals surface area contributed by atoms with Crippen LogP contribution in [0.1, 0.15) is 50.0 Å². The zero-order chi connectivity index (χ0) is 18.8. The van der Waals surface area contributed by atoms with Gasteiger partial charge in [0.05, 0.1) is 13.2 Å². The highest BCUT2D eigenvalue weighted by Crippen LogP contribution is 2.21. The monoisotopic (exact) mass is 399 g/mol. The third-order valence-corrected chi connectivity index (χ3v) is 5.54. The molecule has 3 N–H and O–H groups in total. The van der Waals surface area contributed by atoms with Gasteiger partial charge in [0.2, 0.25) is 0 Å². The van der Waals surface area contributed by atoms with Crippen molar-refractivity contribution in [2.45, 2.75) is 39.5 Å². The first kappa shape index (κ1) is 20.9. The summed E-state index contributed by atoms with van der Waals surface area (Å²) >= 11 is 6.70. The second kappa shape index (κ2) is 11.3. The molecular weight excluding hydrogens is 370 g/mol. The smallest absolute Gasteiger partial charge is 0.289 e. The molecule has 0 radical (unpaired) electrons. The summed E-state index contributed by atoms with van der Waals surface area (Å²) in [6, 6.07) is 0. The van der Waals surface area contributed by atoms with Gasteiger partial charge in [-0.05, 0) is 24.6 Å². The summed E-state index contributed by atoms with van der Waals surface area (Å²) in [4.78, 5) is 18.8. The number of rotatable bonds is 8. The van der Waals surface area contributed by atoms with E-state index in [1.54, 1.807) is 5.38 Å². The number of thiazole rings is 1. The van der Waals surface area contributed by atoms with Gasteiger partial charge in [-0.1, -0.05) is 33.1 Å². The van der Waals surface area contributed by atoms with E-state index in [2.05, 4.69) is 39.9 Å². The van der Waals surface area contributed by atoms with Gasteiger partial charge in [-0.15, -0.1) is 11.3 Å². The van der Waals surface area contributed by atoms with Crippen LogP contribution in [0.4, 0.5) is 5.13 Å². The first-order valence-corrected chi connectivity index (χ1v) is 10.5. The number of carbonyl (C=O) groups excluding carboxylic acids is 1. The van der Waals surface area contributed by atoms with Crippen LogP contribution in [-0.2, 0) is 4.74 Å². The van der Waals surface area contributed by atoms with Crippen LogP contribution >= 0.6 is 23.6 Å². The Morgan fingerprint density at radius 2 is 2.15 bits per heavy atom. The van der Waals surface area contributed by atoms with Gasteiger partial charge in [-0.3, -0.25) is 15.6 Å². The number of thiocarbonyl (C=S) groups is 1. The molecule has 1 aliphatic rings. The Kier molecular flexibility index (Phi) is 9.07. The average Bonchev–Trinajstić information content (AvgIpc) is 3.17. The molecule has 1 aromatic heterocycles. The molecule has 0 aromatic carbocycles. The number of ether oxygens (including phenoxy) is 1. The van der Waals surface area contributed by atoms with Gasteiger partial charge in [-0.25, -0.2) is 4.98 Å². The molecule has 146 valence electrons. The van der Waals surface area contributed by atoms with Gasteiger partial charge >= 0.3 is 0 Å². The number of amides is 1. The lowest BCUT2D eigenvalue weighted by Gasteiger charge is -2.25. The maximum absolute atomic E-state index is 12.2. The number of nitrogens with zero attached hydrogens (tertiary/aromatic N) is 2. The molecule has 0 saturated carbocycles. The van der Waals surface area contributed by atoms with E-state index < -0.39 is 0 Å². The minimum Gasteiger partial charge on any atom is -0.378 e. The van der Waals surface area contributed by atoms with Gasteiger partial charge in [0.15, 0.2) is 10.2 Å². The topological polar surface area (TPSA) is 78.5 Å². The van der Waals surface area contributed by atoms with E-state index in [1.165, 1.54) is 30.6 Å². The first-order chi connectivity index (χ1) is 12.6. The summed E-state index contributed by atoms with van der Waals surface area (Å²) in [5.41, 5.74) is 5.76. The third-order valence-electron chi connectivity index (χ3n) is 4.39. The fraction of sp³-hybridized carbons (Fsp3) is 0.706. The lowest BCUT2D eigenvalue weighted by Crippen LogP contribution is -2.47. The molecule has 2 heterocycles. The van der Waals surface area contributed by atoms with Crippen LogP contribution in [0.25, 0.3) is 0 Å². The maximum Gasteiger partial charge on any atom is 0.289 e. The molecular formula is C17H29N5O2S2. The van der Waals surface area contributed by atoms with E-state index in [1.807, 2.05) is 0 Å². The largest absolute Gasteiger partial charge is 0.378 e. The Morgan fingerprint density at radius 3 is 2.85 bits per heavy atom. The average molecular weight is 400 g/mol. The summed E-state index contributed by atoms with van der Waals surface area (Å²) in [6.45, 7) is 8.20. The van der Waals surface area contributed by atoms with E-state index >= 15 is 0 Å². The van der Waals surface area contributed by atoms with Crippen molar-refractivity contribution < 1.29 is 9.53 Å². The number of hydrogen-bond donors (Lipinski definition) is 3. The van der Waals surface area contributed by atoms with Crippen LogP contribution in [0.3, 0.4) is 0 Å². The molecule has 7 nitrogen and oxygen atoms in total. The summed E-state index contributed by atoms with van der Waals surface area (Å²) in [6.07, 6.45) is 4.74. The normalized spacial score (nSPS) is 15.4. The molecule has 26 heavy (non-hydrogen) atoms. The molecule has 1 fully saturated rings. The van der Waals surface area contributed by atoms with Crippen molar-refractivity contribution in [2.24, 2.45) is 5.92 Å². The van der Waals surface area contributed by atoms with Crippen LogP contribution in [0.5, 0.6) is 0 Å². The first-order valence-electron chi connectivity index (χ1n) is 9.26. The molecule has 0 spiro atoms. The lowest BCUT2D eigenvalue weighted by atomic mass is 9.99. The highest BCUT2D eigenvalue weighted by atomic mass is 32.1. The van der Waals surface area contributed by atoms with Gasteiger partial charge < -0.3 is 15.0 Å². The maximum atomic E-state index is 12.2. The molecule has 0 unspecified atom stereocenters. The quantitative estimate of drug-likeness (QED) is 0.457. The van der Waals surface area contributed by atoms with E-state index in [0.29, 0.717) is 29.9 Å². The van der Waals surface area contributed by atoms with Crippen molar-refractivity contribution in [3.63, 3.8) is 0 Å². The van der Waals surface area contributed by atoms with Gasteiger partial charge in [0.25, 0.3) is 5.91 Å². The highest BCUT2D eigenvalue weighted by Gasteiger charge is 2.17. The van der Waals surface area contributed by atoms with Crippen LogP contribution in [0.15, 0.2) is 5.38 Å². The SMILES string of the molecule is CCCC[C@@H](CC)CNC(=S)NNC(=O)c1csc(N2CCOCC2)n1. The Bertz CT molecular complexity index is 575. The van der Waals surface area contributed by atoms with Crippen molar-refractivity contribution in [1.82, 2.24) is 21.2 Å². The second-order valence-electron chi connectivity index (χ2n) is 6.32. The molecule has 2 rings (SSSR count). The van der Waals surface area contributed by atoms with E-state index in [-0.39, 0.29) is 5.91 Å². The van der Waals surface area contributed by atoms with E-state index in [9.17, 15) is 4.79 Å². The summed E-state index contributed by atoms with van der Waals surface area (Å²) in [5, 5.41) is 6.21. The van der Waals surface area contributed by atoms with Crippen LogP contribution in [0.2, 0.25) is 0 Å². The standard InChI is InChI=1S/C17H29N5O2S2/c1-3-5-6-13(4-2)11-18-16(25)21-20-15(23)14-12-26-17(19-14)22-7-9-24-10-8-22/h12-13H,3-11H2,1-2H3,(H,20,23)(H2,18,21,25)/t13-/m1/s1. The predicted octanol–water partition coefficient (Wildman–Crippen LogP) is 2.31. The minimum atomic E-state index is -0.289. The van der Waals surface area contributed by atoms with Crippen molar-refractivity contribution in [3.8, 4) is 0 Å². The molecule has 1 aromatic rings. The molecule has 1 saturated heterocycles. The van der Waals surface area contributed by atoms with Gasteiger partial charge in [-0.2, -0.15) is 0 Å². The number of morpholine rings is 1. The van der Waals surface area contributed by atoms with E-state index in [4.69, 9.17) is 17.0 Å². The van der Waals surface area contributed by atoms with E-state index in [0.717, 1.165) is 31.2 Å². The fourth-order valence-electron chi connectivity index (χ4n) is 2.67. The molecule has 1 atom stereocenters. The number of carbonyl (C=O) groups is 1. The van der Waals surface area contributed by atoms with Crippen LogP contribution in [0, 0.1) is 5.92 Å². The van der Waals surface area contributed by atoms with Gasteiger partial charge in [0.1, 0.15) is 5.69 Å². The molecule has 0 aliphatic carbocycles. The second-order valence-corrected chi connectivity index (χ2v) is 7.57. The highest BCUT2D eigenvalue weighted by molar-refractivity contribution is 7.80. The van der Waals surface area contributed by atoms with Crippen LogP contribution < -0.4 is 21.1 Å². The lowest BCUT2D eigenvalue weighted by molar-refractivity contribution is 0.0939. The minimum absolute atomic E-state index is 0.289. The number of unbranched alkanes of at least 4 members (excludes halogenated alkanes) is 1. The zero-order valence-electron chi connectivity index (χ0n) is 15.5. The van der Waals surface area contributed by atoms with Gasteiger partial charge in [0, 0.05) is 25.0 Å². The molecule has 9 heteroatoms. The number of hydrogen-bond acceptors (Lipinski definition) is 6. The van der Waals surface area contributed by atoms with Crippen molar-refractivity contribution >= 4 is 39.7 Å². The summed E-state index contributed by atoms with van der Waals surface area (Å²) < 4.78 is 5.33. The molecule has 1 aliphatic heterocycles. The fourth-order valence-corrected chi connectivity index (χ4v) is 3.66. The van der Waals surface area contributed by atoms with Crippen molar-refractivity contribution in [1.29, 1.82) is 0 Å². The molecule has 0 bridgehead atoms. The predicted molar refractivity (Wildman–Crippen MR) is 110 cm³/mol. The van der Waals surface area contributed by atoms with Crippen LogP contribution in [-0.4, -0.2) is 48.9 Å². The zero-order valence-corrected chi connectivity index (χ0v) is 17.2. The Morgan fingerprint density at radius 1 is 1.38 bits per heavy atom. The summed E-state index contributed by atoms with van der Waals surface area (Å²) in [5.74, 6) is 0.308. The Hall–Kier alpha value is -1.45.